The lowest BCUT2D eigenvalue weighted by molar-refractivity contribution is 0.0695. The molecule has 2 rings (SSSR count). The molecule has 2 heteroatoms. The highest BCUT2D eigenvalue weighted by Gasteiger charge is 2.16. The third-order valence-electron chi connectivity index (χ3n) is 2.63. The van der Waals surface area contributed by atoms with Gasteiger partial charge in [-0.15, -0.1) is 0 Å². The van der Waals surface area contributed by atoms with Crippen LogP contribution in [-0.2, 0) is 12.8 Å². The zero-order valence-corrected chi connectivity index (χ0v) is 9.42. The highest BCUT2D eigenvalue weighted by Crippen LogP contribution is 2.24. The van der Waals surface area contributed by atoms with Crippen molar-refractivity contribution in [2.24, 2.45) is 0 Å². The molecule has 1 aliphatic carbocycles. The van der Waals surface area contributed by atoms with Gasteiger partial charge in [-0.25, -0.2) is 4.79 Å². The van der Waals surface area contributed by atoms with Crippen LogP contribution in [0.3, 0.4) is 0 Å². The van der Waals surface area contributed by atoms with E-state index in [0.717, 1.165) is 24.8 Å². The molecule has 0 atom stereocenters. The van der Waals surface area contributed by atoms with Crippen LogP contribution in [0.4, 0.5) is 0 Å². The zero-order chi connectivity index (χ0) is 11.3. The van der Waals surface area contributed by atoms with Gasteiger partial charge in [0, 0.05) is 0 Å². The number of hydrogen-bond acceptors (Lipinski definition) is 1. The molecule has 0 fully saturated rings. The molecule has 0 aliphatic heterocycles. The second kappa shape index (κ2) is 5.54. The number of carboxylic acids is 1. The van der Waals surface area contributed by atoms with Crippen molar-refractivity contribution in [3.63, 3.8) is 0 Å². The molecule has 2 nitrogen and oxygen atoms in total. The molecule has 0 amide bonds. The quantitative estimate of drug-likeness (QED) is 0.765. The summed E-state index contributed by atoms with van der Waals surface area (Å²) in [5.74, 6) is -0.793. The molecular formula is C13H18O2. The molecule has 0 aromatic heterocycles. The van der Waals surface area contributed by atoms with E-state index in [1.54, 1.807) is 6.07 Å². The first-order chi connectivity index (χ1) is 7.29. The maximum Gasteiger partial charge on any atom is 0.335 e. The monoisotopic (exact) mass is 206 g/mol. The third kappa shape index (κ3) is 2.58. The van der Waals surface area contributed by atoms with E-state index in [2.05, 4.69) is 0 Å². The molecule has 1 aromatic carbocycles. The van der Waals surface area contributed by atoms with Gasteiger partial charge in [-0.2, -0.15) is 0 Å². The Hall–Kier alpha value is -1.31. The summed E-state index contributed by atoms with van der Waals surface area (Å²) in [6.45, 7) is 4.00. The van der Waals surface area contributed by atoms with Crippen LogP contribution in [0.25, 0.3) is 0 Å². The first kappa shape index (κ1) is 11.8. The van der Waals surface area contributed by atoms with Crippen LogP contribution in [0.1, 0.15) is 48.2 Å². The van der Waals surface area contributed by atoms with Crippen molar-refractivity contribution in [1.29, 1.82) is 0 Å². The number of hydrogen-bond donors (Lipinski definition) is 1. The van der Waals surface area contributed by atoms with Crippen molar-refractivity contribution >= 4 is 5.97 Å². The van der Waals surface area contributed by atoms with Crippen molar-refractivity contribution in [3.8, 4) is 0 Å². The molecule has 0 saturated heterocycles. The summed E-state index contributed by atoms with van der Waals surface area (Å²) < 4.78 is 0. The molecule has 0 saturated carbocycles. The molecule has 1 aromatic rings. The van der Waals surface area contributed by atoms with Crippen LogP contribution in [0.15, 0.2) is 18.2 Å². The van der Waals surface area contributed by atoms with Gasteiger partial charge in [-0.3, -0.25) is 0 Å². The molecule has 0 bridgehead atoms. The average molecular weight is 206 g/mol. The van der Waals surface area contributed by atoms with Gasteiger partial charge in [0.25, 0.3) is 0 Å². The maximum atomic E-state index is 10.9. The largest absolute Gasteiger partial charge is 0.478 e. The molecule has 15 heavy (non-hydrogen) atoms. The number of rotatable bonds is 1. The highest BCUT2D eigenvalue weighted by molar-refractivity contribution is 5.89. The molecular weight excluding hydrogens is 188 g/mol. The smallest absolute Gasteiger partial charge is 0.335 e. The molecule has 0 spiro atoms. The van der Waals surface area contributed by atoms with Gasteiger partial charge in [-0.1, -0.05) is 26.0 Å². The van der Waals surface area contributed by atoms with Gasteiger partial charge in [0.05, 0.1) is 5.56 Å². The lowest BCUT2D eigenvalue weighted by atomic mass is 9.88. The number of carboxylic acid groups (broad SMARTS) is 1. The Labute approximate surface area is 90.9 Å². The van der Waals surface area contributed by atoms with Crippen LogP contribution in [-0.4, -0.2) is 11.1 Å². The Morgan fingerprint density at radius 1 is 1.20 bits per heavy atom. The average Bonchev–Trinajstić information content (AvgIpc) is 2.31. The van der Waals surface area contributed by atoms with Gasteiger partial charge < -0.3 is 5.11 Å². The predicted octanol–water partition coefficient (Wildman–Crippen LogP) is 3.29. The summed E-state index contributed by atoms with van der Waals surface area (Å²) in [4.78, 5) is 10.9. The second-order valence-corrected chi connectivity index (χ2v) is 3.46. The van der Waals surface area contributed by atoms with Gasteiger partial charge in [0.1, 0.15) is 0 Å². The first-order valence-corrected chi connectivity index (χ1v) is 5.63. The van der Waals surface area contributed by atoms with E-state index in [1.807, 2.05) is 26.0 Å². The Balaban J connectivity index is 0.000000531. The topological polar surface area (TPSA) is 37.3 Å². The summed E-state index contributed by atoms with van der Waals surface area (Å²) >= 11 is 0. The lowest BCUT2D eigenvalue weighted by Gasteiger charge is -2.17. The number of aryl methyl sites for hydroxylation is 1. The normalized spacial score (nSPS) is 13.5. The highest BCUT2D eigenvalue weighted by atomic mass is 16.4. The zero-order valence-electron chi connectivity index (χ0n) is 9.42. The fraction of sp³-hybridized carbons (Fsp3) is 0.462. The van der Waals surface area contributed by atoms with E-state index in [-0.39, 0.29) is 0 Å². The van der Waals surface area contributed by atoms with Crippen LogP contribution in [0, 0.1) is 0 Å². The van der Waals surface area contributed by atoms with Crippen molar-refractivity contribution in [3.05, 3.63) is 34.9 Å². The van der Waals surface area contributed by atoms with Gasteiger partial charge >= 0.3 is 5.97 Å². The Morgan fingerprint density at radius 2 is 1.87 bits per heavy atom. The molecule has 0 unspecified atom stereocenters. The van der Waals surface area contributed by atoms with Crippen LogP contribution in [0.5, 0.6) is 0 Å². The SMILES string of the molecule is CC.O=C(O)c1cccc2c1CCCC2. The molecule has 1 aliphatic rings. The summed E-state index contributed by atoms with van der Waals surface area (Å²) in [6, 6.07) is 5.58. The maximum absolute atomic E-state index is 10.9. The summed E-state index contributed by atoms with van der Waals surface area (Å²) in [5, 5.41) is 8.94. The molecule has 0 heterocycles. The summed E-state index contributed by atoms with van der Waals surface area (Å²) in [5.41, 5.74) is 2.78. The van der Waals surface area contributed by atoms with Crippen molar-refractivity contribution < 1.29 is 9.90 Å². The van der Waals surface area contributed by atoms with E-state index < -0.39 is 5.97 Å². The third-order valence-corrected chi connectivity index (χ3v) is 2.63. The Bertz CT molecular complexity index is 342. The van der Waals surface area contributed by atoms with E-state index in [1.165, 1.54) is 12.0 Å². The number of carbonyl (C=O) groups is 1. The van der Waals surface area contributed by atoms with Gasteiger partial charge in [0.2, 0.25) is 0 Å². The van der Waals surface area contributed by atoms with Crippen molar-refractivity contribution in [2.45, 2.75) is 39.5 Å². The minimum absolute atomic E-state index is 0.497. The standard InChI is InChI=1S/C11H12O2.C2H6/c12-11(13)10-7-3-5-8-4-1-2-6-9(8)10;1-2/h3,5,7H,1-2,4,6H2,(H,12,13);1-2H3. The number of fused-ring (bicyclic) bond motifs is 1. The Morgan fingerprint density at radius 3 is 2.53 bits per heavy atom. The van der Waals surface area contributed by atoms with Crippen LogP contribution in [0.2, 0.25) is 0 Å². The van der Waals surface area contributed by atoms with Crippen molar-refractivity contribution in [2.75, 3.05) is 0 Å². The fourth-order valence-corrected chi connectivity index (χ4v) is 1.98. The lowest BCUT2D eigenvalue weighted by Crippen LogP contribution is -2.09. The molecule has 82 valence electrons. The van der Waals surface area contributed by atoms with Crippen LogP contribution >= 0.6 is 0 Å². The fourth-order valence-electron chi connectivity index (χ4n) is 1.98. The van der Waals surface area contributed by atoms with Gasteiger partial charge in [-0.05, 0) is 42.9 Å². The van der Waals surface area contributed by atoms with E-state index in [4.69, 9.17) is 5.11 Å². The number of benzene rings is 1. The molecule has 0 radical (unpaired) electrons. The van der Waals surface area contributed by atoms with Crippen molar-refractivity contribution in [1.82, 2.24) is 0 Å². The minimum atomic E-state index is -0.793. The van der Waals surface area contributed by atoms with E-state index in [9.17, 15) is 4.79 Å². The van der Waals surface area contributed by atoms with Crippen LogP contribution < -0.4 is 0 Å². The summed E-state index contributed by atoms with van der Waals surface area (Å²) in [6.07, 6.45) is 4.28. The number of aromatic carboxylic acids is 1. The van der Waals surface area contributed by atoms with E-state index >= 15 is 0 Å². The first-order valence-electron chi connectivity index (χ1n) is 5.63. The second-order valence-electron chi connectivity index (χ2n) is 3.46. The predicted molar refractivity (Wildman–Crippen MR) is 61.4 cm³/mol. The van der Waals surface area contributed by atoms with Gasteiger partial charge in [0.15, 0.2) is 0 Å². The summed E-state index contributed by atoms with van der Waals surface area (Å²) in [7, 11) is 0. The minimum Gasteiger partial charge on any atom is -0.478 e. The Kier molecular flexibility index (Phi) is 4.35. The molecule has 1 N–H and O–H groups in total. The van der Waals surface area contributed by atoms with E-state index in [0.29, 0.717) is 5.56 Å².